The number of nitrogens with one attached hydrogen (secondary N) is 1. The van der Waals surface area contributed by atoms with Gasteiger partial charge in [-0.25, -0.2) is 0 Å². The van der Waals surface area contributed by atoms with Crippen LogP contribution in [0.5, 0.6) is 0 Å². The van der Waals surface area contributed by atoms with E-state index in [0.717, 1.165) is 35.2 Å². The van der Waals surface area contributed by atoms with Crippen LogP contribution in [-0.4, -0.2) is 22.0 Å². The van der Waals surface area contributed by atoms with Crippen molar-refractivity contribution in [2.45, 2.75) is 18.8 Å². The van der Waals surface area contributed by atoms with Gasteiger partial charge in [0.05, 0.1) is 11.7 Å². The van der Waals surface area contributed by atoms with Crippen molar-refractivity contribution in [2.75, 3.05) is 6.54 Å². The summed E-state index contributed by atoms with van der Waals surface area (Å²) < 4.78 is 2.20. The molecule has 3 aromatic rings. The quantitative estimate of drug-likeness (QED) is 0.781. The van der Waals surface area contributed by atoms with Gasteiger partial charge in [-0.1, -0.05) is 11.6 Å². The molecule has 1 amide bonds. The standard InChI is InChI=1S/C18H16ClN3O/c19-14-1-3-15(4-2-14)22-16(13-6-8-21-18(23)10-13)9-12-5-7-20-11-17(12)22/h1-5,7,9,11,13H,6,8,10H2,(H,21,23). The first kappa shape index (κ1) is 14.3. The van der Waals surface area contributed by atoms with Gasteiger partial charge in [-0.3, -0.25) is 9.78 Å². The number of benzene rings is 1. The number of rotatable bonds is 2. The Hall–Kier alpha value is -2.33. The predicted molar refractivity (Wildman–Crippen MR) is 91.1 cm³/mol. The number of hydrogen-bond donors (Lipinski definition) is 1. The number of hydrogen-bond acceptors (Lipinski definition) is 2. The fourth-order valence-electron chi connectivity index (χ4n) is 3.28. The minimum Gasteiger partial charge on any atom is -0.356 e. The Labute approximate surface area is 139 Å². The predicted octanol–water partition coefficient (Wildman–Crippen LogP) is 3.67. The molecule has 1 aromatic carbocycles. The largest absolute Gasteiger partial charge is 0.356 e. The van der Waals surface area contributed by atoms with Gasteiger partial charge in [0, 0.05) is 46.9 Å². The topological polar surface area (TPSA) is 46.9 Å². The van der Waals surface area contributed by atoms with E-state index in [1.807, 2.05) is 36.5 Å². The number of halogens is 1. The highest BCUT2D eigenvalue weighted by Gasteiger charge is 2.25. The van der Waals surface area contributed by atoms with Gasteiger partial charge in [0.2, 0.25) is 5.91 Å². The highest BCUT2D eigenvalue weighted by molar-refractivity contribution is 6.30. The zero-order valence-electron chi connectivity index (χ0n) is 12.5. The molecule has 23 heavy (non-hydrogen) atoms. The molecule has 2 aromatic heterocycles. The highest BCUT2D eigenvalue weighted by Crippen LogP contribution is 2.33. The Kier molecular flexibility index (Phi) is 3.54. The van der Waals surface area contributed by atoms with Crippen LogP contribution in [0.25, 0.3) is 16.6 Å². The van der Waals surface area contributed by atoms with Crippen LogP contribution in [0.2, 0.25) is 5.02 Å². The average molecular weight is 326 g/mol. The van der Waals surface area contributed by atoms with Crippen LogP contribution in [-0.2, 0) is 4.79 Å². The number of nitrogens with zero attached hydrogens (tertiary/aromatic N) is 2. The molecule has 1 N–H and O–H groups in total. The van der Waals surface area contributed by atoms with Crippen molar-refractivity contribution in [1.29, 1.82) is 0 Å². The van der Waals surface area contributed by atoms with E-state index in [9.17, 15) is 4.79 Å². The van der Waals surface area contributed by atoms with E-state index >= 15 is 0 Å². The van der Waals surface area contributed by atoms with E-state index in [0.29, 0.717) is 11.4 Å². The van der Waals surface area contributed by atoms with Gasteiger partial charge in [0.15, 0.2) is 0 Å². The zero-order valence-corrected chi connectivity index (χ0v) is 13.3. The molecule has 0 aliphatic carbocycles. The van der Waals surface area contributed by atoms with Gasteiger partial charge < -0.3 is 9.88 Å². The smallest absolute Gasteiger partial charge is 0.220 e. The first-order valence-electron chi connectivity index (χ1n) is 7.70. The van der Waals surface area contributed by atoms with Crippen molar-refractivity contribution in [3.8, 4) is 5.69 Å². The molecule has 1 atom stereocenters. The highest BCUT2D eigenvalue weighted by atomic mass is 35.5. The molecule has 0 bridgehead atoms. The van der Waals surface area contributed by atoms with Crippen molar-refractivity contribution < 1.29 is 4.79 Å². The summed E-state index contributed by atoms with van der Waals surface area (Å²) in [5, 5.41) is 4.75. The van der Waals surface area contributed by atoms with E-state index in [1.54, 1.807) is 6.20 Å². The van der Waals surface area contributed by atoms with Crippen molar-refractivity contribution in [1.82, 2.24) is 14.9 Å². The number of carbonyl (C=O) groups excluding carboxylic acids is 1. The molecular weight excluding hydrogens is 310 g/mol. The van der Waals surface area contributed by atoms with E-state index < -0.39 is 0 Å². The summed E-state index contributed by atoms with van der Waals surface area (Å²) in [6.07, 6.45) is 5.14. The maximum Gasteiger partial charge on any atom is 0.220 e. The Balaban J connectivity index is 1.91. The Morgan fingerprint density at radius 2 is 2.04 bits per heavy atom. The first-order chi connectivity index (χ1) is 11.2. The lowest BCUT2D eigenvalue weighted by Crippen LogP contribution is -2.33. The molecule has 1 aliphatic heterocycles. The molecule has 116 valence electrons. The summed E-state index contributed by atoms with van der Waals surface area (Å²) in [7, 11) is 0. The molecule has 0 saturated carbocycles. The monoisotopic (exact) mass is 325 g/mol. The summed E-state index contributed by atoms with van der Waals surface area (Å²) in [4.78, 5) is 16.1. The number of fused-ring (bicyclic) bond motifs is 1. The van der Waals surface area contributed by atoms with E-state index in [-0.39, 0.29) is 11.8 Å². The third-order valence-electron chi connectivity index (χ3n) is 4.39. The van der Waals surface area contributed by atoms with Gasteiger partial charge in [-0.2, -0.15) is 0 Å². The molecular formula is C18H16ClN3O. The van der Waals surface area contributed by atoms with Crippen LogP contribution in [0.15, 0.2) is 48.8 Å². The molecule has 4 rings (SSSR count). The van der Waals surface area contributed by atoms with Crippen molar-refractivity contribution in [3.05, 3.63) is 59.5 Å². The average Bonchev–Trinajstić information content (AvgIpc) is 2.95. The second kappa shape index (κ2) is 5.70. The van der Waals surface area contributed by atoms with E-state index in [2.05, 4.69) is 20.9 Å². The summed E-state index contributed by atoms with van der Waals surface area (Å²) in [6.45, 7) is 0.726. The van der Waals surface area contributed by atoms with Gasteiger partial charge in [-0.05, 0) is 42.8 Å². The molecule has 1 unspecified atom stereocenters. The third-order valence-corrected chi connectivity index (χ3v) is 4.64. The lowest BCUT2D eigenvalue weighted by atomic mass is 9.94. The van der Waals surface area contributed by atoms with Crippen molar-refractivity contribution in [2.24, 2.45) is 0 Å². The second-order valence-corrected chi connectivity index (χ2v) is 6.29. The summed E-state index contributed by atoms with van der Waals surface area (Å²) in [5.74, 6) is 0.333. The van der Waals surface area contributed by atoms with Crippen LogP contribution in [0, 0.1) is 0 Å². The van der Waals surface area contributed by atoms with Gasteiger partial charge in [0.1, 0.15) is 0 Å². The Bertz CT molecular complexity index is 870. The Morgan fingerprint density at radius 1 is 1.22 bits per heavy atom. The maximum absolute atomic E-state index is 11.8. The van der Waals surface area contributed by atoms with Crippen molar-refractivity contribution >= 4 is 28.4 Å². The number of carbonyl (C=O) groups is 1. The molecule has 3 heterocycles. The molecule has 0 spiro atoms. The molecule has 5 heteroatoms. The van der Waals surface area contributed by atoms with Crippen molar-refractivity contribution in [3.63, 3.8) is 0 Å². The third kappa shape index (κ3) is 2.59. The summed E-state index contributed by atoms with van der Waals surface area (Å²) in [6, 6.07) is 12.0. The number of amides is 1. The second-order valence-electron chi connectivity index (χ2n) is 5.86. The number of aromatic nitrogens is 2. The molecule has 1 saturated heterocycles. The molecule has 4 nitrogen and oxygen atoms in total. The van der Waals surface area contributed by atoms with Crippen LogP contribution >= 0.6 is 11.6 Å². The minimum absolute atomic E-state index is 0.118. The molecule has 1 fully saturated rings. The van der Waals surface area contributed by atoms with Gasteiger partial charge >= 0.3 is 0 Å². The molecule has 1 aliphatic rings. The van der Waals surface area contributed by atoms with Crippen LogP contribution in [0.1, 0.15) is 24.5 Å². The van der Waals surface area contributed by atoms with Crippen LogP contribution < -0.4 is 5.32 Å². The number of piperidine rings is 1. The first-order valence-corrected chi connectivity index (χ1v) is 8.08. The van der Waals surface area contributed by atoms with Gasteiger partial charge in [-0.15, -0.1) is 0 Å². The maximum atomic E-state index is 11.8. The normalized spacial score (nSPS) is 18.1. The van der Waals surface area contributed by atoms with E-state index in [4.69, 9.17) is 11.6 Å². The van der Waals surface area contributed by atoms with E-state index in [1.165, 1.54) is 0 Å². The fourth-order valence-corrected chi connectivity index (χ4v) is 3.41. The van der Waals surface area contributed by atoms with Gasteiger partial charge in [0.25, 0.3) is 0 Å². The van der Waals surface area contributed by atoms with Crippen LogP contribution in [0.3, 0.4) is 0 Å². The molecule has 0 radical (unpaired) electrons. The Morgan fingerprint density at radius 3 is 2.83 bits per heavy atom. The summed E-state index contributed by atoms with van der Waals surface area (Å²) in [5.41, 5.74) is 3.25. The summed E-state index contributed by atoms with van der Waals surface area (Å²) >= 11 is 6.02. The lowest BCUT2D eigenvalue weighted by molar-refractivity contribution is -0.122. The number of pyridine rings is 1. The minimum atomic E-state index is 0.118. The van der Waals surface area contributed by atoms with Crippen LogP contribution in [0.4, 0.5) is 0 Å². The SMILES string of the molecule is O=C1CC(c2cc3ccncc3n2-c2ccc(Cl)cc2)CCN1. The zero-order chi connectivity index (χ0) is 15.8. The fraction of sp³-hybridized carbons (Fsp3) is 0.222. The lowest BCUT2D eigenvalue weighted by Gasteiger charge is -2.24.